The van der Waals surface area contributed by atoms with Gasteiger partial charge in [0, 0.05) is 36.2 Å². The van der Waals surface area contributed by atoms with Crippen LogP contribution in [-0.2, 0) is 58.9 Å². The van der Waals surface area contributed by atoms with Crippen molar-refractivity contribution in [3.63, 3.8) is 0 Å². The fourth-order valence-electron chi connectivity index (χ4n) is 8.92. The van der Waals surface area contributed by atoms with E-state index in [2.05, 4.69) is 217 Å². The van der Waals surface area contributed by atoms with Gasteiger partial charge in [-0.25, -0.2) is 0 Å². The van der Waals surface area contributed by atoms with Crippen LogP contribution in [0, 0.1) is 24.7 Å². The van der Waals surface area contributed by atoms with Crippen molar-refractivity contribution in [3.05, 3.63) is 254 Å². The molecular weight excluding hydrogens is 1200 g/mol. The Balaban J connectivity index is 0.000000160. The van der Waals surface area contributed by atoms with Crippen molar-refractivity contribution in [3.8, 4) is 11.8 Å². The van der Waals surface area contributed by atoms with Crippen LogP contribution < -0.4 is 31.8 Å². The van der Waals surface area contributed by atoms with E-state index in [0.29, 0.717) is 0 Å². The van der Waals surface area contributed by atoms with Crippen LogP contribution in [0.4, 0.5) is 0 Å². The Morgan fingerprint density at radius 3 is 0.909 bits per heavy atom. The van der Waals surface area contributed by atoms with E-state index in [0.717, 1.165) is 32.9 Å². The van der Waals surface area contributed by atoms with Gasteiger partial charge in [-0.1, -0.05) is 144 Å². The molecule has 2 aromatic heterocycles. The first-order chi connectivity index (χ1) is 31.6. The second-order valence-corrected chi connectivity index (χ2v) is 20.4. The van der Waals surface area contributed by atoms with Crippen molar-refractivity contribution >= 4 is 91.3 Å². The molecule has 0 amide bonds. The van der Waals surface area contributed by atoms with Gasteiger partial charge in [0.15, 0.2) is 0 Å². The monoisotopic (exact) mass is 1250 g/mol. The number of fused-ring (bicyclic) bond motifs is 6. The first kappa shape index (κ1) is 48.0. The average Bonchev–Trinajstić information content (AvgIpc) is 3.84. The Bertz CT molecular complexity index is 3130. The number of rotatable bonds is 6. The van der Waals surface area contributed by atoms with Crippen LogP contribution in [0.2, 0.25) is 0 Å². The van der Waals surface area contributed by atoms with Gasteiger partial charge in [0.2, 0.25) is 0 Å². The molecule has 0 atom stereocenters. The van der Waals surface area contributed by atoms with E-state index >= 15 is 0 Å². The summed E-state index contributed by atoms with van der Waals surface area (Å²) >= 11 is 0. The van der Waals surface area contributed by atoms with Crippen LogP contribution in [0.5, 0.6) is 0 Å². The van der Waals surface area contributed by atoms with Gasteiger partial charge in [-0.2, -0.15) is 0 Å². The van der Waals surface area contributed by atoms with E-state index in [9.17, 15) is 0 Å². The summed E-state index contributed by atoms with van der Waals surface area (Å²) < 4.78 is 4.32. The summed E-state index contributed by atoms with van der Waals surface area (Å²) in [5, 5.41) is 13.3. The minimum absolute atomic E-state index is 0. The Hall–Kier alpha value is -5.96. The van der Waals surface area contributed by atoms with Crippen molar-refractivity contribution in [1.82, 2.24) is 9.13 Å². The molecular formula is C60H46Au2N2P2+2. The molecule has 0 unspecified atom stereocenters. The minimum atomic E-state index is -1.14. The molecule has 11 aromatic rings. The number of para-hydroxylation sites is 2. The Morgan fingerprint density at radius 2 is 0.591 bits per heavy atom. The van der Waals surface area contributed by atoms with Crippen molar-refractivity contribution in [1.29, 1.82) is 0 Å². The second-order valence-electron chi connectivity index (χ2n) is 15.6. The van der Waals surface area contributed by atoms with Crippen LogP contribution in [0.1, 0.15) is 11.1 Å². The Morgan fingerprint density at radius 1 is 0.318 bits per heavy atom. The third-order valence-electron chi connectivity index (χ3n) is 11.9. The minimum Gasteiger partial charge on any atom is -0.366 e. The van der Waals surface area contributed by atoms with Crippen molar-refractivity contribution < 1.29 is 44.8 Å². The number of aryl methyl sites for hydroxylation is 2. The molecule has 0 aliphatic heterocycles. The summed E-state index contributed by atoms with van der Waals surface area (Å²) in [5.41, 5.74) is 6.40. The maximum absolute atomic E-state index is 7.35. The smallest absolute Gasteiger partial charge is 0.366 e. The van der Waals surface area contributed by atoms with Gasteiger partial charge in [0.25, 0.3) is 0 Å². The molecule has 0 N–H and O–H groups in total. The average molecular weight is 1250 g/mol. The maximum Gasteiger partial charge on any atom is 1.00 e. The van der Waals surface area contributed by atoms with Crippen molar-refractivity contribution in [2.45, 2.75) is 0 Å². The molecule has 66 heavy (non-hydrogen) atoms. The summed E-state index contributed by atoms with van der Waals surface area (Å²) in [6.45, 7) is 0. The van der Waals surface area contributed by atoms with Crippen molar-refractivity contribution in [2.24, 2.45) is 14.1 Å². The van der Waals surface area contributed by atoms with E-state index < -0.39 is 15.8 Å². The molecule has 0 radical (unpaired) electrons. The molecule has 6 heteroatoms. The molecule has 9 aromatic carbocycles. The van der Waals surface area contributed by atoms with Crippen LogP contribution in [0.3, 0.4) is 0 Å². The molecule has 0 bridgehead atoms. The first-order valence-corrected chi connectivity index (χ1v) is 24.4. The SMILES string of the molecule is [Au+].[Au+].[C-]#Cc1cccc2c1c1ccccc1n2C.[C-]#Cc1cccc2c1c1ccccc1n2C.c1ccc([PH+](c2ccccc2)c2ccccc2[PH+](c2ccccc2)c2ccccc2)cc1. The number of aromatic nitrogens is 2. The summed E-state index contributed by atoms with van der Waals surface area (Å²) in [5.74, 6) is 5.02. The number of benzene rings is 9. The fourth-order valence-corrected chi connectivity index (χ4v) is 14.9. The van der Waals surface area contributed by atoms with Gasteiger partial charge < -0.3 is 22.0 Å². The topological polar surface area (TPSA) is 9.86 Å². The molecule has 0 aliphatic carbocycles. The molecule has 2 heterocycles. The van der Waals surface area contributed by atoms with E-state index in [-0.39, 0.29) is 44.8 Å². The van der Waals surface area contributed by atoms with E-state index in [4.69, 9.17) is 12.8 Å². The number of nitrogens with zero attached hydrogens (tertiary/aromatic N) is 2. The zero-order valence-corrected chi connectivity index (χ0v) is 42.8. The summed E-state index contributed by atoms with van der Waals surface area (Å²) in [7, 11) is 1.83. The van der Waals surface area contributed by atoms with E-state index in [1.807, 2.05) is 48.5 Å². The van der Waals surface area contributed by atoms with E-state index in [1.54, 1.807) is 0 Å². The zero-order valence-electron chi connectivity index (χ0n) is 36.4. The molecule has 11 rings (SSSR count). The predicted octanol–water partition coefficient (Wildman–Crippen LogP) is 11.2. The quantitative estimate of drug-likeness (QED) is 0.0680. The van der Waals surface area contributed by atoms with Gasteiger partial charge in [-0.3, -0.25) is 11.8 Å². The molecule has 0 fully saturated rings. The second kappa shape index (κ2) is 22.5. The van der Waals surface area contributed by atoms with Crippen LogP contribution in [0.25, 0.3) is 43.6 Å². The normalized spacial score (nSPS) is 10.6. The maximum atomic E-state index is 7.35. The van der Waals surface area contributed by atoms with Crippen molar-refractivity contribution in [2.75, 3.05) is 0 Å². The van der Waals surface area contributed by atoms with Gasteiger partial charge in [0.05, 0.1) is 0 Å². The third-order valence-corrected chi connectivity index (χ3v) is 17.7. The van der Waals surface area contributed by atoms with Crippen LogP contribution in [-0.4, -0.2) is 9.13 Å². The van der Waals surface area contributed by atoms with Gasteiger partial charge >= 0.3 is 44.8 Å². The van der Waals surface area contributed by atoms with Gasteiger partial charge in [-0.15, -0.1) is 23.3 Å². The largest absolute Gasteiger partial charge is 1.00 e. The molecule has 326 valence electrons. The summed E-state index contributed by atoms with van der Waals surface area (Å²) in [6.07, 6.45) is 14.7. The molecule has 0 aliphatic rings. The predicted molar refractivity (Wildman–Crippen MR) is 280 cm³/mol. The standard InChI is InChI=1S/C30H24P2.2C15H10N.2Au/c1-5-15-25(16-6-1)31(26-17-7-2-8-18-26)29-23-13-14-24-30(29)32(27-19-9-3-10-20-27)28-21-11-4-12-22-28;2*1-3-11-7-6-10-14-15(11)12-8-4-5-9-13(12)16(14)2;;/h1-24H;2*4-10H,2H3;;/q;2*-1;2*+1/p+2. The summed E-state index contributed by atoms with van der Waals surface area (Å²) in [4.78, 5) is 0. The van der Waals surface area contributed by atoms with Gasteiger partial charge in [0.1, 0.15) is 47.7 Å². The molecule has 0 spiro atoms. The number of hydrogen-bond acceptors (Lipinski definition) is 0. The third kappa shape index (κ3) is 9.77. The number of hydrogen-bond donors (Lipinski definition) is 0. The summed E-state index contributed by atoms with van der Waals surface area (Å²) in [6, 6.07) is 81.9. The van der Waals surface area contributed by atoms with Gasteiger partial charge in [-0.05, 0) is 95.7 Å². The molecule has 0 saturated heterocycles. The van der Waals surface area contributed by atoms with E-state index in [1.165, 1.54) is 53.6 Å². The first-order valence-electron chi connectivity index (χ1n) is 21.4. The Labute approximate surface area is 422 Å². The zero-order chi connectivity index (χ0) is 43.8. The fraction of sp³-hybridized carbons (Fsp3) is 0.0333. The molecule has 2 nitrogen and oxygen atoms in total. The molecule has 0 saturated carbocycles. The van der Waals surface area contributed by atoms with Crippen LogP contribution in [0.15, 0.2) is 231 Å². The van der Waals surface area contributed by atoms with Crippen LogP contribution >= 0.6 is 15.8 Å². The Kier molecular flexibility index (Phi) is 16.4.